The van der Waals surface area contributed by atoms with Crippen molar-refractivity contribution in [3.63, 3.8) is 0 Å². The van der Waals surface area contributed by atoms with Gasteiger partial charge in [0.1, 0.15) is 5.02 Å². The van der Waals surface area contributed by atoms with Crippen molar-refractivity contribution in [2.24, 2.45) is 0 Å². The summed E-state index contributed by atoms with van der Waals surface area (Å²) in [5.74, 6) is -0.964. The highest BCUT2D eigenvalue weighted by Crippen LogP contribution is 2.25. The molecule has 0 aromatic carbocycles. The molecule has 0 saturated heterocycles. The normalized spacial score (nSPS) is 9.67. The van der Waals surface area contributed by atoms with Crippen LogP contribution in [0, 0.1) is 0 Å². The molecule has 0 amide bonds. The number of rotatable bonds is 5. The number of nitrogens with zero attached hydrogens (tertiary/aromatic N) is 1. The van der Waals surface area contributed by atoms with Crippen LogP contribution in [0.25, 0.3) is 0 Å². The second kappa shape index (κ2) is 5.36. The third-order valence-corrected chi connectivity index (χ3v) is 2.01. The molecule has 0 aliphatic carbocycles. The van der Waals surface area contributed by atoms with Crippen molar-refractivity contribution in [1.29, 1.82) is 0 Å². The lowest BCUT2D eigenvalue weighted by molar-refractivity contribution is 0.0696. The second-order valence-electron chi connectivity index (χ2n) is 2.71. The molecule has 1 aromatic rings. The number of aromatic nitrogens is 1. The molecule has 0 atom stereocenters. The lowest BCUT2D eigenvalue weighted by Gasteiger charge is -2.06. The van der Waals surface area contributed by atoms with Crippen LogP contribution in [-0.4, -0.2) is 22.7 Å². The van der Waals surface area contributed by atoms with Crippen molar-refractivity contribution in [2.45, 2.75) is 6.42 Å². The van der Waals surface area contributed by atoms with E-state index >= 15 is 0 Å². The van der Waals surface area contributed by atoms with Crippen LogP contribution in [0.2, 0.25) is 5.02 Å². The zero-order valence-corrected chi connectivity index (χ0v) is 8.70. The Morgan fingerprint density at radius 3 is 3.07 bits per heavy atom. The summed E-state index contributed by atoms with van der Waals surface area (Å²) in [7, 11) is 0. The first-order valence-corrected chi connectivity index (χ1v) is 4.66. The van der Waals surface area contributed by atoms with Crippen LogP contribution in [0.1, 0.15) is 16.8 Å². The van der Waals surface area contributed by atoms with Crippen LogP contribution in [0.5, 0.6) is 5.88 Å². The van der Waals surface area contributed by atoms with Gasteiger partial charge in [-0.1, -0.05) is 17.7 Å². The number of carbonyl (C=O) groups is 1. The van der Waals surface area contributed by atoms with Crippen molar-refractivity contribution in [3.05, 3.63) is 35.5 Å². The summed E-state index contributed by atoms with van der Waals surface area (Å²) < 4.78 is 5.19. The SMILES string of the molecule is C=CCCOc1nccc(C(=O)O)c1Cl. The van der Waals surface area contributed by atoms with E-state index in [0.717, 1.165) is 0 Å². The molecular weight excluding hydrogens is 218 g/mol. The summed E-state index contributed by atoms with van der Waals surface area (Å²) in [5, 5.41) is 8.80. The van der Waals surface area contributed by atoms with E-state index < -0.39 is 5.97 Å². The zero-order valence-electron chi connectivity index (χ0n) is 7.94. The maximum atomic E-state index is 10.7. The maximum absolute atomic E-state index is 10.7. The van der Waals surface area contributed by atoms with Gasteiger partial charge in [-0.2, -0.15) is 0 Å². The van der Waals surface area contributed by atoms with Gasteiger partial charge in [-0.15, -0.1) is 6.58 Å². The fourth-order valence-corrected chi connectivity index (χ4v) is 1.18. The smallest absolute Gasteiger partial charge is 0.337 e. The number of ether oxygens (including phenoxy) is 1. The lowest BCUT2D eigenvalue weighted by atomic mass is 10.3. The van der Waals surface area contributed by atoms with E-state index in [2.05, 4.69) is 11.6 Å². The van der Waals surface area contributed by atoms with Crippen molar-refractivity contribution in [2.75, 3.05) is 6.61 Å². The topological polar surface area (TPSA) is 59.4 Å². The molecule has 0 unspecified atom stereocenters. The van der Waals surface area contributed by atoms with Gasteiger partial charge in [-0.25, -0.2) is 9.78 Å². The number of hydrogen-bond donors (Lipinski definition) is 1. The molecule has 0 bridgehead atoms. The highest BCUT2D eigenvalue weighted by molar-refractivity contribution is 6.34. The maximum Gasteiger partial charge on any atom is 0.337 e. The van der Waals surface area contributed by atoms with E-state index in [1.807, 2.05) is 0 Å². The van der Waals surface area contributed by atoms with Gasteiger partial charge in [0, 0.05) is 6.20 Å². The molecule has 1 aromatic heterocycles. The minimum atomic E-state index is -1.10. The first-order chi connectivity index (χ1) is 7.16. The summed E-state index contributed by atoms with van der Waals surface area (Å²) in [4.78, 5) is 14.6. The Balaban J connectivity index is 2.84. The largest absolute Gasteiger partial charge is 0.478 e. The number of hydrogen-bond acceptors (Lipinski definition) is 3. The number of carboxylic acid groups (broad SMARTS) is 1. The van der Waals surface area contributed by atoms with Gasteiger partial charge in [0.2, 0.25) is 5.88 Å². The summed E-state index contributed by atoms with van der Waals surface area (Å²) in [6, 6.07) is 1.32. The van der Waals surface area contributed by atoms with Crippen LogP contribution in [0.3, 0.4) is 0 Å². The Bertz CT molecular complexity index is 379. The predicted molar refractivity (Wildman–Crippen MR) is 56.5 cm³/mol. The monoisotopic (exact) mass is 227 g/mol. The number of carboxylic acids is 1. The average Bonchev–Trinajstić information content (AvgIpc) is 2.20. The zero-order chi connectivity index (χ0) is 11.3. The predicted octanol–water partition coefficient (Wildman–Crippen LogP) is 2.39. The van der Waals surface area contributed by atoms with E-state index in [-0.39, 0.29) is 16.5 Å². The number of halogens is 1. The van der Waals surface area contributed by atoms with Gasteiger partial charge in [0.25, 0.3) is 0 Å². The lowest BCUT2D eigenvalue weighted by Crippen LogP contribution is -2.03. The molecule has 0 aliphatic rings. The fourth-order valence-electron chi connectivity index (χ4n) is 0.929. The highest BCUT2D eigenvalue weighted by Gasteiger charge is 2.13. The molecule has 1 N–H and O–H groups in total. The fraction of sp³-hybridized carbons (Fsp3) is 0.200. The van der Waals surface area contributed by atoms with Crippen molar-refractivity contribution < 1.29 is 14.6 Å². The van der Waals surface area contributed by atoms with Crippen LogP contribution in [0.4, 0.5) is 0 Å². The van der Waals surface area contributed by atoms with Gasteiger partial charge in [-0.3, -0.25) is 0 Å². The van der Waals surface area contributed by atoms with Gasteiger partial charge in [-0.05, 0) is 12.5 Å². The van der Waals surface area contributed by atoms with Gasteiger partial charge in [0.15, 0.2) is 0 Å². The Labute approximate surface area is 92.2 Å². The molecule has 0 spiro atoms. The summed E-state index contributed by atoms with van der Waals surface area (Å²) in [5.41, 5.74) is -0.0136. The van der Waals surface area contributed by atoms with Gasteiger partial charge < -0.3 is 9.84 Å². The first-order valence-electron chi connectivity index (χ1n) is 4.28. The molecule has 0 fully saturated rings. The first kappa shape index (κ1) is 11.5. The quantitative estimate of drug-likeness (QED) is 0.620. The molecule has 0 radical (unpaired) electrons. The Kier molecular flexibility index (Phi) is 4.12. The van der Waals surface area contributed by atoms with E-state index in [1.165, 1.54) is 12.3 Å². The van der Waals surface area contributed by atoms with Crippen molar-refractivity contribution in [1.82, 2.24) is 4.98 Å². The molecule has 1 heterocycles. The van der Waals surface area contributed by atoms with E-state index in [9.17, 15) is 4.79 Å². The Hall–Kier alpha value is -1.55. The van der Waals surface area contributed by atoms with E-state index in [0.29, 0.717) is 13.0 Å². The van der Waals surface area contributed by atoms with Crippen molar-refractivity contribution >= 4 is 17.6 Å². The standard InChI is InChI=1S/C10H10ClNO3/c1-2-3-6-15-9-8(11)7(10(13)14)4-5-12-9/h2,4-5H,1,3,6H2,(H,13,14). The molecule has 15 heavy (non-hydrogen) atoms. The van der Waals surface area contributed by atoms with E-state index in [1.54, 1.807) is 6.08 Å². The summed E-state index contributed by atoms with van der Waals surface area (Å²) in [6.07, 6.45) is 3.68. The number of pyridine rings is 1. The number of aromatic carboxylic acids is 1. The average molecular weight is 228 g/mol. The molecule has 80 valence electrons. The molecule has 0 saturated carbocycles. The molecule has 4 nitrogen and oxygen atoms in total. The third kappa shape index (κ3) is 2.95. The van der Waals surface area contributed by atoms with Crippen LogP contribution in [0.15, 0.2) is 24.9 Å². The Morgan fingerprint density at radius 2 is 2.47 bits per heavy atom. The molecule has 5 heteroatoms. The highest BCUT2D eigenvalue weighted by atomic mass is 35.5. The van der Waals surface area contributed by atoms with Crippen molar-refractivity contribution in [3.8, 4) is 5.88 Å². The summed E-state index contributed by atoms with van der Waals surface area (Å²) >= 11 is 5.79. The van der Waals surface area contributed by atoms with Crippen LogP contribution >= 0.6 is 11.6 Å². The minimum absolute atomic E-state index is 0.0136. The van der Waals surface area contributed by atoms with Crippen LogP contribution in [-0.2, 0) is 0 Å². The third-order valence-electron chi connectivity index (χ3n) is 1.65. The van der Waals surface area contributed by atoms with Crippen LogP contribution < -0.4 is 4.74 Å². The molecule has 0 aliphatic heterocycles. The van der Waals surface area contributed by atoms with Gasteiger partial charge in [0.05, 0.1) is 12.2 Å². The molecule has 1 rings (SSSR count). The van der Waals surface area contributed by atoms with E-state index in [4.69, 9.17) is 21.4 Å². The second-order valence-corrected chi connectivity index (χ2v) is 3.09. The Morgan fingerprint density at radius 1 is 1.73 bits per heavy atom. The minimum Gasteiger partial charge on any atom is -0.478 e. The van der Waals surface area contributed by atoms with Gasteiger partial charge >= 0.3 is 5.97 Å². The molecular formula is C10H10ClNO3. The summed E-state index contributed by atoms with van der Waals surface area (Å²) in [6.45, 7) is 3.91.